The molecule has 8 nitrogen and oxygen atoms in total. The third-order valence-corrected chi connectivity index (χ3v) is 9.67. The van der Waals surface area contributed by atoms with E-state index in [9.17, 15) is 19.5 Å². The first-order valence-electron chi connectivity index (χ1n) is 11.8. The first-order valence-corrected chi connectivity index (χ1v) is 15.3. The number of thioether (sulfide) groups is 1. The van der Waals surface area contributed by atoms with Gasteiger partial charge in [-0.2, -0.15) is 11.8 Å². The fraction of sp³-hybridized carbons (Fsp3) is 0.609. The molecule has 4 amide bonds. The van der Waals surface area contributed by atoms with Crippen LogP contribution >= 0.6 is 33.3 Å². The number of phenolic OH excluding ortho intramolecular Hbond substituents is 1. The zero-order chi connectivity index (χ0) is 24.2. The van der Waals surface area contributed by atoms with Crippen molar-refractivity contribution in [2.45, 2.75) is 55.9 Å². The van der Waals surface area contributed by atoms with E-state index in [1.54, 1.807) is 33.7 Å². The summed E-state index contributed by atoms with van der Waals surface area (Å²) in [5, 5.41) is 21.5. The van der Waals surface area contributed by atoms with Gasteiger partial charge < -0.3 is 26.4 Å². The standard InChI is InChI=1S/C23H34N4O4S3/c28-17-7-5-16(6-8-17)9-11-24-21(30)10-13-33-34-14-12-25-20(29)4-2-1-3-19-22-18(15-32-19)26-23(31)27-22/h5-8,18-19,22,28H,1-4,9-15H2,(H,24,30)(H,25,29)(H2,26,27,31). The molecule has 2 heterocycles. The van der Waals surface area contributed by atoms with Gasteiger partial charge >= 0.3 is 6.03 Å². The second-order valence-corrected chi connectivity index (χ2v) is 12.4. The SMILES string of the molecule is O=C(CCCCC1SCC2NC(=O)NC21)NCCSSCCC(=O)NCCc1ccc(O)cc1. The van der Waals surface area contributed by atoms with E-state index >= 15 is 0 Å². The van der Waals surface area contributed by atoms with E-state index in [0.29, 0.717) is 31.2 Å². The van der Waals surface area contributed by atoms with Gasteiger partial charge in [-0.05, 0) is 37.0 Å². The quantitative estimate of drug-likeness (QED) is 0.135. The second-order valence-electron chi connectivity index (χ2n) is 8.38. The molecule has 2 saturated heterocycles. The highest BCUT2D eigenvalue weighted by atomic mass is 33.1. The van der Waals surface area contributed by atoms with Gasteiger partial charge in [-0.25, -0.2) is 4.79 Å². The van der Waals surface area contributed by atoms with Crippen LogP contribution in [0, 0.1) is 0 Å². The Hall–Kier alpha value is -1.72. The third-order valence-electron chi connectivity index (χ3n) is 5.76. The Bertz CT molecular complexity index is 812. The van der Waals surface area contributed by atoms with Crippen molar-refractivity contribution in [1.29, 1.82) is 0 Å². The first kappa shape index (κ1) is 26.9. The fourth-order valence-electron chi connectivity index (χ4n) is 3.94. The van der Waals surface area contributed by atoms with Crippen LogP contribution in [0.2, 0.25) is 0 Å². The van der Waals surface area contributed by atoms with E-state index in [4.69, 9.17) is 0 Å². The van der Waals surface area contributed by atoms with E-state index < -0.39 is 0 Å². The summed E-state index contributed by atoms with van der Waals surface area (Å²) in [6, 6.07) is 7.44. The van der Waals surface area contributed by atoms with E-state index in [2.05, 4.69) is 21.3 Å². The predicted molar refractivity (Wildman–Crippen MR) is 141 cm³/mol. The molecule has 2 aliphatic heterocycles. The van der Waals surface area contributed by atoms with Crippen LogP contribution in [0.1, 0.15) is 37.7 Å². The molecule has 1 aromatic rings. The summed E-state index contributed by atoms with van der Waals surface area (Å²) in [5.41, 5.74) is 1.08. The zero-order valence-electron chi connectivity index (χ0n) is 19.2. The minimum absolute atomic E-state index is 0.0401. The Morgan fingerprint density at radius 2 is 1.74 bits per heavy atom. The van der Waals surface area contributed by atoms with Gasteiger partial charge in [0.15, 0.2) is 0 Å². The summed E-state index contributed by atoms with van der Waals surface area (Å²) in [6.45, 7) is 1.22. The van der Waals surface area contributed by atoms with E-state index in [1.165, 1.54) is 0 Å². The van der Waals surface area contributed by atoms with Crippen LogP contribution in [0.5, 0.6) is 5.75 Å². The van der Waals surface area contributed by atoms with Gasteiger partial charge in [0.2, 0.25) is 11.8 Å². The highest BCUT2D eigenvalue weighted by molar-refractivity contribution is 8.76. The highest BCUT2D eigenvalue weighted by Gasteiger charge is 2.42. The topological polar surface area (TPSA) is 120 Å². The zero-order valence-corrected chi connectivity index (χ0v) is 21.7. The summed E-state index contributed by atoms with van der Waals surface area (Å²) >= 11 is 1.91. The predicted octanol–water partition coefficient (Wildman–Crippen LogP) is 2.66. The van der Waals surface area contributed by atoms with Crippen molar-refractivity contribution in [2.75, 3.05) is 30.3 Å². The lowest BCUT2D eigenvalue weighted by molar-refractivity contribution is -0.121. The molecular weight excluding hydrogens is 492 g/mol. The number of carbonyl (C=O) groups is 3. The number of nitrogens with one attached hydrogen (secondary N) is 4. The van der Waals surface area contributed by atoms with Gasteiger partial charge in [-0.15, -0.1) is 0 Å². The monoisotopic (exact) mass is 526 g/mol. The lowest BCUT2D eigenvalue weighted by Gasteiger charge is -2.16. The smallest absolute Gasteiger partial charge is 0.315 e. The van der Waals surface area contributed by atoms with Crippen LogP contribution in [-0.2, 0) is 16.0 Å². The maximum atomic E-state index is 12.0. The molecule has 1 aromatic carbocycles. The van der Waals surface area contributed by atoms with Gasteiger partial charge in [0.25, 0.3) is 0 Å². The summed E-state index contributed by atoms with van der Waals surface area (Å²) in [5.74, 6) is 2.89. The molecule has 5 N–H and O–H groups in total. The molecule has 0 aromatic heterocycles. The van der Waals surface area contributed by atoms with Crippen LogP contribution < -0.4 is 21.3 Å². The molecule has 34 heavy (non-hydrogen) atoms. The lowest BCUT2D eigenvalue weighted by atomic mass is 10.0. The maximum Gasteiger partial charge on any atom is 0.315 e. The average molecular weight is 527 g/mol. The minimum Gasteiger partial charge on any atom is -0.508 e. The largest absolute Gasteiger partial charge is 0.508 e. The van der Waals surface area contributed by atoms with Crippen molar-refractivity contribution in [3.05, 3.63) is 29.8 Å². The normalized spacial score (nSPS) is 20.9. The molecule has 0 radical (unpaired) electrons. The number of carbonyl (C=O) groups excluding carboxylic acids is 3. The molecule has 0 aliphatic carbocycles. The second kappa shape index (κ2) is 14.6. The number of benzene rings is 1. The molecule has 0 saturated carbocycles. The van der Waals surface area contributed by atoms with Crippen molar-refractivity contribution in [3.8, 4) is 5.75 Å². The Kier molecular flexibility index (Phi) is 11.6. The number of hydrogen-bond donors (Lipinski definition) is 5. The number of unbranched alkanes of at least 4 members (excludes halogenated alkanes) is 1. The minimum atomic E-state index is -0.0547. The molecule has 188 valence electrons. The third kappa shape index (κ3) is 9.50. The van der Waals surface area contributed by atoms with Crippen molar-refractivity contribution >= 4 is 51.2 Å². The van der Waals surface area contributed by atoms with Crippen molar-refractivity contribution in [1.82, 2.24) is 21.3 Å². The van der Waals surface area contributed by atoms with Gasteiger partial charge in [-0.3, -0.25) is 9.59 Å². The number of aromatic hydroxyl groups is 1. The highest BCUT2D eigenvalue weighted by Crippen LogP contribution is 2.33. The number of urea groups is 1. The number of fused-ring (bicyclic) bond motifs is 1. The molecule has 3 unspecified atom stereocenters. The van der Waals surface area contributed by atoms with E-state index in [1.807, 2.05) is 23.9 Å². The van der Waals surface area contributed by atoms with Crippen molar-refractivity contribution < 1.29 is 19.5 Å². The molecule has 2 aliphatic rings. The lowest BCUT2D eigenvalue weighted by Crippen LogP contribution is -2.36. The van der Waals surface area contributed by atoms with Crippen LogP contribution in [0.15, 0.2) is 24.3 Å². The molecule has 2 fully saturated rings. The van der Waals surface area contributed by atoms with Gasteiger partial charge in [0.05, 0.1) is 12.1 Å². The van der Waals surface area contributed by atoms with Gasteiger partial charge in [0.1, 0.15) is 5.75 Å². The molecule has 0 spiro atoms. The number of hydrogen-bond acceptors (Lipinski definition) is 7. The summed E-state index contributed by atoms with van der Waals surface area (Å²) < 4.78 is 0. The van der Waals surface area contributed by atoms with Gasteiger partial charge in [0, 0.05) is 48.4 Å². The maximum absolute atomic E-state index is 12.0. The van der Waals surface area contributed by atoms with Crippen LogP contribution in [0.4, 0.5) is 4.79 Å². The molecular formula is C23H34N4O4S3. The molecule has 3 rings (SSSR count). The average Bonchev–Trinajstić information content (AvgIpc) is 3.36. The number of rotatable bonds is 15. The Morgan fingerprint density at radius 3 is 2.56 bits per heavy atom. The Labute approximate surface area is 213 Å². The van der Waals surface area contributed by atoms with Crippen LogP contribution in [-0.4, -0.2) is 70.6 Å². The molecule has 0 bridgehead atoms. The van der Waals surface area contributed by atoms with E-state index in [0.717, 1.165) is 48.5 Å². The van der Waals surface area contributed by atoms with Crippen molar-refractivity contribution in [3.63, 3.8) is 0 Å². The summed E-state index contributed by atoms with van der Waals surface area (Å²) in [7, 11) is 3.32. The summed E-state index contributed by atoms with van der Waals surface area (Å²) in [4.78, 5) is 35.3. The Balaban J connectivity index is 1.09. The number of phenols is 1. The molecule has 3 atom stereocenters. The number of amides is 4. The summed E-state index contributed by atoms with van der Waals surface area (Å²) in [6.07, 6.45) is 4.64. The fourth-order valence-corrected chi connectivity index (χ4v) is 7.38. The van der Waals surface area contributed by atoms with Gasteiger partial charge in [-0.1, -0.05) is 40.1 Å². The molecule has 11 heteroatoms. The van der Waals surface area contributed by atoms with Crippen LogP contribution in [0.25, 0.3) is 0 Å². The van der Waals surface area contributed by atoms with Crippen LogP contribution in [0.3, 0.4) is 0 Å². The Morgan fingerprint density at radius 1 is 1.00 bits per heavy atom. The van der Waals surface area contributed by atoms with Crippen molar-refractivity contribution in [2.24, 2.45) is 0 Å². The van der Waals surface area contributed by atoms with E-state index in [-0.39, 0.29) is 35.7 Å². The first-order chi connectivity index (χ1) is 16.5.